The summed E-state index contributed by atoms with van der Waals surface area (Å²) in [5.74, 6) is 0.168. The molecule has 1 fully saturated rings. The Balaban J connectivity index is 2.30. The van der Waals surface area contributed by atoms with E-state index in [-0.39, 0.29) is 5.91 Å². The molecule has 0 unspecified atom stereocenters. The van der Waals surface area contributed by atoms with Gasteiger partial charge in [-0.3, -0.25) is 4.79 Å². The smallest absolute Gasteiger partial charge is 0.227 e. The summed E-state index contributed by atoms with van der Waals surface area (Å²) in [6.45, 7) is 2.63. The zero-order valence-electron chi connectivity index (χ0n) is 6.91. The van der Waals surface area contributed by atoms with Crippen molar-refractivity contribution in [1.82, 2.24) is 5.16 Å². The zero-order chi connectivity index (χ0) is 8.55. The molecule has 0 atom stereocenters. The lowest BCUT2D eigenvalue weighted by Gasteiger charge is -2.12. The van der Waals surface area contributed by atoms with E-state index in [4.69, 9.17) is 4.52 Å². The molecule has 0 spiro atoms. The Morgan fingerprint density at radius 3 is 3.00 bits per heavy atom. The van der Waals surface area contributed by atoms with Crippen LogP contribution in [-0.2, 0) is 4.79 Å². The minimum Gasteiger partial charge on any atom is -0.362 e. The van der Waals surface area contributed by atoms with Crippen LogP contribution in [-0.4, -0.2) is 17.6 Å². The molecule has 4 nitrogen and oxygen atoms in total. The highest BCUT2D eigenvalue weighted by Crippen LogP contribution is 2.23. The highest BCUT2D eigenvalue weighted by Gasteiger charge is 2.24. The number of anilines is 1. The van der Waals surface area contributed by atoms with Gasteiger partial charge in [-0.1, -0.05) is 5.16 Å². The average Bonchev–Trinajstić information content (AvgIpc) is 2.59. The summed E-state index contributed by atoms with van der Waals surface area (Å²) in [7, 11) is 0. The summed E-state index contributed by atoms with van der Waals surface area (Å²) in [6, 6.07) is 0. The molecule has 4 heteroatoms. The maximum absolute atomic E-state index is 11.3. The Labute approximate surface area is 70.1 Å². The summed E-state index contributed by atoms with van der Waals surface area (Å²) in [5.41, 5.74) is 1.60. The SMILES string of the molecule is Cc1nocc1N1CCCC1=O. The molecule has 0 saturated carbocycles. The van der Waals surface area contributed by atoms with Crippen LogP contribution in [0.4, 0.5) is 5.69 Å². The van der Waals surface area contributed by atoms with Crippen molar-refractivity contribution >= 4 is 11.6 Å². The second-order valence-electron chi connectivity index (χ2n) is 2.93. The fourth-order valence-corrected chi connectivity index (χ4v) is 1.45. The van der Waals surface area contributed by atoms with Gasteiger partial charge in [0.05, 0.1) is 0 Å². The summed E-state index contributed by atoms with van der Waals surface area (Å²) in [6.07, 6.45) is 3.10. The van der Waals surface area contributed by atoms with E-state index in [0.717, 1.165) is 24.3 Å². The first-order valence-electron chi connectivity index (χ1n) is 4.00. The van der Waals surface area contributed by atoms with Gasteiger partial charge in [0.1, 0.15) is 17.6 Å². The molecule has 1 amide bonds. The number of rotatable bonds is 1. The second-order valence-corrected chi connectivity index (χ2v) is 2.93. The normalized spacial score (nSPS) is 17.4. The van der Waals surface area contributed by atoms with Gasteiger partial charge in [-0.25, -0.2) is 0 Å². The highest BCUT2D eigenvalue weighted by molar-refractivity contribution is 5.95. The number of carbonyl (C=O) groups is 1. The fraction of sp³-hybridized carbons (Fsp3) is 0.500. The minimum absolute atomic E-state index is 0.168. The van der Waals surface area contributed by atoms with Crippen LogP contribution < -0.4 is 4.90 Å². The first-order chi connectivity index (χ1) is 5.79. The van der Waals surface area contributed by atoms with E-state index in [1.54, 1.807) is 4.90 Å². The van der Waals surface area contributed by atoms with E-state index in [9.17, 15) is 4.79 Å². The summed E-state index contributed by atoms with van der Waals surface area (Å²) in [5, 5.41) is 3.73. The molecule has 2 rings (SSSR count). The van der Waals surface area contributed by atoms with Gasteiger partial charge in [0.25, 0.3) is 0 Å². The van der Waals surface area contributed by atoms with Crippen LogP contribution in [0.3, 0.4) is 0 Å². The van der Waals surface area contributed by atoms with Gasteiger partial charge in [0.2, 0.25) is 5.91 Å². The lowest BCUT2D eigenvalue weighted by Crippen LogP contribution is -2.23. The maximum atomic E-state index is 11.3. The van der Waals surface area contributed by atoms with E-state index >= 15 is 0 Å². The van der Waals surface area contributed by atoms with Gasteiger partial charge < -0.3 is 9.42 Å². The Morgan fingerprint density at radius 2 is 2.50 bits per heavy atom. The number of aromatic nitrogens is 1. The van der Waals surface area contributed by atoms with Crippen molar-refractivity contribution in [3.63, 3.8) is 0 Å². The van der Waals surface area contributed by atoms with Gasteiger partial charge >= 0.3 is 0 Å². The number of amides is 1. The van der Waals surface area contributed by atoms with Crippen LogP contribution in [0.25, 0.3) is 0 Å². The van der Waals surface area contributed by atoms with Gasteiger partial charge in [-0.05, 0) is 13.3 Å². The van der Waals surface area contributed by atoms with Crippen LogP contribution >= 0.6 is 0 Å². The Morgan fingerprint density at radius 1 is 1.67 bits per heavy atom. The van der Waals surface area contributed by atoms with Gasteiger partial charge in [0.15, 0.2) is 0 Å². The van der Waals surface area contributed by atoms with Crippen LogP contribution in [0.1, 0.15) is 18.5 Å². The van der Waals surface area contributed by atoms with Gasteiger partial charge in [-0.2, -0.15) is 0 Å². The van der Waals surface area contributed by atoms with E-state index in [0.29, 0.717) is 6.42 Å². The molecular formula is C8H10N2O2. The molecule has 0 N–H and O–H groups in total. The van der Waals surface area contributed by atoms with Crippen LogP contribution in [0, 0.1) is 6.92 Å². The molecular weight excluding hydrogens is 156 g/mol. The van der Waals surface area contributed by atoms with Crippen molar-refractivity contribution in [2.45, 2.75) is 19.8 Å². The second kappa shape index (κ2) is 2.62. The quantitative estimate of drug-likeness (QED) is 0.627. The van der Waals surface area contributed by atoms with Crippen molar-refractivity contribution in [2.24, 2.45) is 0 Å². The lowest BCUT2D eigenvalue weighted by atomic mass is 10.3. The van der Waals surface area contributed by atoms with Crippen molar-refractivity contribution in [3.05, 3.63) is 12.0 Å². The number of carbonyl (C=O) groups excluding carboxylic acids is 1. The number of hydrogen-bond donors (Lipinski definition) is 0. The summed E-state index contributed by atoms with van der Waals surface area (Å²) in [4.78, 5) is 13.0. The summed E-state index contributed by atoms with van der Waals surface area (Å²) >= 11 is 0. The monoisotopic (exact) mass is 166 g/mol. The van der Waals surface area contributed by atoms with Crippen molar-refractivity contribution in [2.75, 3.05) is 11.4 Å². The Kier molecular flexibility index (Phi) is 1.60. The van der Waals surface area contributed by atoms with Crippen LogP contribution in [0.5, 0.6) is 0 Å². The predicted molar refractivity (Wildman–Crippen MR) is 42.8 cm³/mol. The molecule has 1 aromatic rings. The van der Waals surface area contributed by atoms with E-state index < -0.39 is 0 Å². The zero-order valence-corrected chi connectivity index (χ0v) is 6.91. The fourth-order valence-electron chi connectivity index (χ4n) is 1.45. The molecule has 1 aliphatic heterocycles. The third-order valence-electron chi connectivity index (χ3n) is 2.09. The molecule has 1 aliphatic rings. The molecule has 2 heterocycles. The highest BCUT2D eigenvalue weighted by atomic mass is 16.5. The lowest BCUT2D eigenvalue weighted by molar-refractivity contribution is -0.117. The average molecular weight is 166 g/mol. The standard InChI is InChI=1S/C8H10N2O2/c1-6-7(5-12-9-6)10-4-2-3-8(10)11/h5H,2-4H2,1H3. The first kappa shape index (κ1) is 7.34. The van der Waals surface area contributed by atoms with E-state index in [1.165, 1.54) is 6.26 Å². The molecule has 0 aromatic carbocycles. The molecule has 0 bridgehead atoms. The molecule has 0 radical (unpaired) electrons. The third kappa shape index (κ3) is 0.995. The van der Waals surface area contributed by atoms with Crippen molar-refractivity contribution in [1.29, 1.82) is 0 Å². The Bertz CT molecular complexity index is 306. The minimum atomic E-state index is 0.168. The molecule has 64 valence electrons. The van der Waals surface area contributed by atoms with Gasteiger partial charge in [-0.15, -0.1) is 0 Å². The topological polar surface area (TPSA) is 46.3 Å². The number of hydrogen-bond acceptors (Lipinski definition) is 3. The predicted octanol–water partition coefficient (Wildman–Crippen LogP) is 1.11. The van der Waals surface area contributed by atoms with Crippen molar-refractivity contribution < 1.29 is 9.32 Å². The Hall–Kier alpha value is -1.32. The maximum Gasteiger partial charge on any atom is 0.227 e. The molecule has 12 heavy (non-hydrogen) atoms. The number of nitrogens with zero attached hydrogens (tertiary/aromatic N) is 2. The van der Waals surface area contributed by atoms with Crippen LogP contribution in [0.2, 0.25) is 0 Å². The molecule has 0 aliphatic carbocycles. The summed E-state index contributed by atoms with van der Waals surface area (Å²) < 4.78 is 4.76. The molecule has 1 saturated heterocycles. The van der Waals surface area contributed by atoms with Crippen molar-refractivity contribution in [3.8, 4) is 0 Å². The number of aryl methyl sites for hydroxylation is 1. The van der Waals surface area contributed by atoms with Crippen LogP contribution in [0.15, 0.2) is 10.8 Å². The third-order valence-corrected chi connectivity index (χ3v) is 2.09. The molecule has 1 aromatic heterocycles. The largest absolute Gasteiger partial charge is 0.362 e. The van der Waals surface area contributed by atoms with Gasteiger partial charge in [0, 0.05) is 13.0 Å². The van der Waals surface area contributed by atoms with E-state index in [2.05, 4.69) is 5.16 Å². The first-order valence-corrected chi connectivity index (χ1v) is 4.00. The van der Waals surface area contributed by atoms with E-state index in [1.807, 2.05) is 6.92 Å².